The second-order valence-electron chi connectivity index (χ2n) is 4.83. The Morgan fingerprint density at radius 2 is 2.06 bits per heavy atom. The summed E-state index contributed by atoms with van der Waals surface area (Å²) in [5, 5.41) is 34.2. The quantitative estimate of drug-likeness (QED) is 0.371. The molecule has 1 aromatic rings. The molecule has 1 aliphatic rings. The van der Waals surface area contributed by atoms with Crippen molar-refractivity contribution in [1.29, 1.82) is 0 Å². The summed E-state index contributed by atoms with van der Waals surface area (Å²) in [4.78, 5) is 10.9. The lowest BCUT2D eigenvalue weighted by Crippen LogP contribution is -2.68. The number of nitro groups is 1. The lowest BCUT2D eigenvalue weighted by molar-refractivity contribution is -1.03. The van der Waals surface area contributed by atoms with E-state index in [0.717, 1.165) is 0 Å². The molecule has 1 aliphatic heterocycles. The minimum atomic E-state index is -2.01. The predicted octanol–water partition coefficient (Wildman–Crippen LogP) is 1.22. The molecule has 1 fully saturated rings. The number of rotatable bonds is 2. The van der Waals surface area contributed by atoms with Crippen molar-refractivity contribution in [2.24, 2.45) is 0 Å². The molecule has 0 saturated carbocycles. The lowest BCUT2D eigenvalue weighted by atomic mass is 9.85. The van der Waals surface area contributed by atoms with Gasteiger partial charge in [-0.2, -0.15) is 0 Å². The van der Waals surface area contributed by atoms with Crippen LogP contribution in [0.2, 0.25) is 0 Å². The first kappa shape index (κ1) is 12.9. The van der Waals surface area contributed by atoms with E-state index in [9.17, 15) is 20.4 Å². The van der Waals surface area contributed by atoms with Gasteiger partial charge in [-0.3, -0.25) is 14.8 Å². The van der Waals surface area contributed by atoms with E-state index in [1.165, 1.54) is 19.2 Å². The fourth-order valence-electron chi connectivity index (χ4n) is 2.82. The molecular formula is C12H16N2O4. The van der Waals surface area contributed by atoms with Crippen molar-refractivity contribution in [2.75, 3.05) is 13.6 Å². The van der Waals surface area contributed by atoms with E-state index >= 15 is 0 Å². The Morgan fingerprint density at radius 1 is 1.44 bits per heavy atom. The Morgan fingerprint density at radius 3 is 2.56 bits per heavy atom. The van der Waals surface area contributed by atoms with Gasteiger partial charge in [0.25, 0.3) is 0 Å². The van der Waals surface area contributed by atoms with Crippen LogP contribution in [0.3, 0.4) is 0 Å². The number of hydrogen-bond donors (Lipinski definition) is 1. The van der Waals surface area contributed by atoms with Crippen molar-refractivity contribution in [3.05, 3.63) is 51.2 Å². The maximum absolute atomic E-state index is 12.6. The van der Waals surface area contributed by atoms with Gasteiger partial charge in [-0.15, -0.1) is 0 Å². The number of likely N-dealkylation sites (N-methyl/N-ethyl adjacent to an activating group) is 1. The second-order valence-corrected chi connectivity index (χ2v) is 4.83. The average molecular weight is 252 g/mol. The zero-order chi connectivity index (χ0) is 13.4. The average Bonchev–Trinajstić information content (AvgIpc) is 2.29. The summed E-state index contributed by atoms with van der Waals surface area (Å²) >= 11 is 0. The number of hydrogen-bond acceptors (Lipinski definition) is 4. The van der Waals surface area contributed by atoms with Crippen LogP contribution >= 0.6 is 0 Å². The normalized spacial score (nSPS) is 36.3. The minimum Gasteiger partial charge on any atom is -0.627 e. The Balaban J connectivity index is 2.65. The minimum absolute atomic E-state index is 0.132. The molecule has 6 heteroatoms. The molecule has 1 unspecified atom stereocenters. The van der Waals surface area contributed by atoms with Crippen molar-refractivity contribution in [1.82, 2.24) is 0 Å². The largest absolute Gasteiger partial charge is 0.627 e. The Bertz CT molecular complexity index is 449. The van der Waals surface area contributed by atoms with E-state index < -0.39 is 21.3 Å². The van der Waals surface area contributed by atoms with Crippen LogP contribution in [0, 0.1) is 15.3 Å². The van der Waals surface area contributed by atoms with Gasteiger partial charge >= 0.3 is 5.66 Å². The van der Waals surface area contributed by atoms with E-state index in [4.69, 9.17) is 0 Å². The Kier molecular flexibility index (Phi) is 3.10. The number of piperidine rings is 1. The van der Waals surface area contributed by atoms with E-state index in [1.807, 2.05) is 0 Å². The van der Waals surface area contributed by atoms with E-state index in [0.29, 0.717) is 6.42 Å². The summed E-state index contributed by atoms with van der Waals surface area (Å²) in [5.74, 6) is 0. The van der Waals surface area contributed by atoms with E-state index in [2.05, 4.69) is 0 Å². The highest BCUT2D eigenvalue weighted by Gasteiger charge is 2.64. The van der Waals surface area contributed by atoms with Gasteiger partial charge in [-0.1, -0.05) is 18.2 Å². The van der Waals surface area contributed by atoms with Gasteiger partial charge in [0.1, 0.15) is 0 Å². The summed E-state index contributed by atoms with van der Waals surface area (Å²) in [6, 6.07) is 8.07. The van der Waals surface area contributed by atoms with Crippen molar-refractivity contribution < 1.29 is 14.7 Å². The molecule has 18 heavy (non-hydrogen) atoms. The van der Waals surface area contributed by atoms with E-state index in [-0.39, 0.29) is 18.5 Å². The van der Waals surface area contributed by atoms with Gasteiger partial charge in [-0.05, 0) is 18.6 Å². The number of hydroxylamine groups is 3. The topological polar surface area (TPSA) is 86.4 Å². The molecule has 6 nitrogen and oxygen atoms in total. The summed E-state index contributed by atoms with van der Waals surface area (Å²) in [7, 11) is 1.26. The number of aliphatic hydroxyl groups excluding tert-OH is 1. The van der Waals surface area contributed by atoms with Crippen LogP contribution in [0.15, 0.2) is 30.3 Å². The van der Waals surface area contributed by atoms with Crippen LogP contribution in [0.25, 0.3) is 0 Å². The number of nitrogens with zero attached hydrogens (tertiary/aromatic N) is 2. The summed E-state index contributed by atoms with van der Waals surface area (Å²) in [6.45, 7) is 0.132. The molecule has 98 valence electrons. The van der Waals surface area contributed by atoms with Crippen LogP contribution in [0.1, 0.15) is 18.4 Å². The third kappa shape index (κ3) is 1.61. The smallest absolute Gasteiger partial charge is 0.396 e. The highest BCUT2D eigenvalue weighted by Crippen LogP contribution is 2.42. The van der Waals surface area contributed by atoms with Gasteiger partial charge in [0.05, 0.1) is 24.1 Å². The van der Waals surface area contributed by atoms with Crippen LogP contribution < -0.4 is 0 Å². The Labute approximate surface area is 105 Å². The highest BCUT2D eigenvalue weighted by molar-refractivity contribution is 5.22. The Hall–Kier alpha value is -1.50. The number of benzene rings is 1. The molecular weight excluding hydrogens is 236 g/mol. The zero-order valence-electron chi connectivity index (χ0n) is 10.2. The maximum Gasteiger partial charge on any atom is 0.396 e. The fourth-order valence-corrected chi connectivity index (χ4v) is 2.82. The zero-order valence-corrected chi connectivity index (χ0v) is 10.2. The predicted molar refractivity (Wildman–Crippen MR) is 64.8 cm³/mol. The van der Waals surface area contributed by atoms with Crippen LogP contribution in [0.4, 0.5) is 0 Å². The monoisotopic (exact) mass is 252 g/mol. The van der Waals surface area contributed by atoms with Crippen LogP contribution in [0.5, 0.6) is 0 Å². The second kappa shape index (κ2) is 4.31. The lowest BCUT2D eigenvalue weighted by Gasteiger charge is -2.52. The number of likely N-dealkylation sites (tertiary alicyclic amines) is 1. The molecule has 0 aliphatic carbocycles. The van der Waals surface area contributed by atoms with Gasteiger partial charge in [-0.25, -0.2) is 0 Å². The maximum atomic E-state index is 12.6. The summed E-state index contributed by atoms with van der Waals surface area (Å²) < 4.78 is -1.08. The van der Waals surface area contributed by atoms with Crippen molar-refractivity contribution in [3.63, 3.8) is 0 Å². The molecule has 1 saturated heterocycles. The van der Waals surface area contributed by atoms with E-state index in [1.54, 1.807) is 18.2 Å². The molecule has 1 heterocycles. The third-order valence-corrected chi connectivity index (χ3v) is 3.73. The summed E-state index contributed by atoms with van der Waals surface area (Å²) in [6.07, 6.45) is -0.513. The molecule has 0 radical (unpaired) electrons. The molecule has 0 aromatic heterocycles. The van der Waals surface area contributed by atoms with Gasteiger partial charge < -0.3 is 10.3 Å². The SMILES string of the molecule is C[N+]1([O-])CCC[C@H](O)[C@]1(c1ccccc1)[N+](=O)[O-]. The molecule has 3 atom stereocenters. The van der Waals surface area contributed by atoms with Gasteiger partial charge in [0.2, 0.25) is 0 Å². The first-order valence-electron chi connectivity index (χ1n) is 5.87. The number of quaternary nitrogens is 1. The standard InChI is InChI=1S/C12H16N2O4/c1-14(18)9-5-8-11(15)12(14,13(16)17)10-6-3-2-4-7-10/h2-4,6-7,11,15H,5,8-9H2,1H3/t11-,12+,14?/m0/s1. The van der Waals surface area contributed by atoms with Crippen LogP contribution in [-0.4, -0.2) is 34.4 Å². The molecule has 2 rings (SSSR count). The van der Waals surface area contributed by atoms with Gasteiger partial charge in [0.15, 0.2) is 6.10 Å². The first-order chi connectivity index (χ1) is 8.43. The van der Waals surface area contributed by atoms with Crippen molar-refractivity contribution in [3.8, 4) is 0 Å². The molecule has 0 spiro atoms. The molecule has 0 bridgehead atoms. The van der Waals surface area contributed by atoms with Crippen LogP contribution in [-0.2, 0) is 5.66 Å². The molecule has 1 N–H and O–H groups in total. The third-order valence-electron chi connectivity index (χ3n) is 3.73. The van der Waals surface area contributed by atoms with Crippen molar-refractivity contribution >= 4 is 0 Å². The van der Waals surface area contributed by atoms with Crippen molar-refractivity contribution in [2.45, 2.75) is 24.6 Å². The van der Waals surface area contributed by atoms with Gasteiger partial charge in [0, 0.05) is 6.42 Å². The first-order valence-corrected chi connectivity index (χ1v) is 5.87. The summed E-state index contributed by atoms with van der Waals surface area (Å²) in [5.41, 5.74) is -1.75. The number of aliphatic hydroxyl groups is 1. The molecule has 0 amide bonds. The molecule has 1 aromatic carbocycles. The highest BCUT2D eigenvalue weighted by atomic mass is 16.7. The fraction of sp³-hybridized carbons (Fsp3) is 0.500.